The summed E-state index contributed by atoms with van der Waals surface area (Å²) >= 11 is 3.58. The number of halogens is 1. The lowest BCUT2D eigenvalue weighted by Crippen LogP contribution is -2.21. The van der Waals surface area contributed by atoms with Crippen molar-refractivity contribution in [3.63, 3.8) is 0 Å². The first-order valence-electron chi connectivity index (χ1n) is 8.96. The molecular formula is C24H17BrN2. The zero-order chi connectivity index (χ0) is 18.2. The van der Waals surface area contributed by atoms with Gasteiger partial charge in [0, 0.05) is 16.8 Å². The van der Waals surface area contributed by atoms with Crippen LogP contribution in [0.4, 0.5) is 5.69 Å². The number of hydrogen-bond acceptors (Lipinski definition) is 2. The van der Waals surface area contributed by atoms with Gasteiger partial charge in [0.2, 0.25) is 0 Å². The van der Waals surface area contributed by atoms with E-state index in [1.807, 2.05) is 6.07 Å². The third-order valence-electron chi connectivity index (χ3n) is 4.96. The minimum atomic E-state index is -0.111. The molecule has 0 bridgehead atoms. The average molecular weight is 413 g/mol. The van der Waals surface area contributed by atoms with Crippen molar-refractivity contribution in [1.29, 1.82) is 0 Å². The van der Waals surface area contributed by atoms with E-state index in [2.05, 4.69) is 106 Å². The van der Waals surface area contributed by atoms with E-state index >= 15 is 0 Å². The molecule has 0 radical (unpaired) electrons. The second-order valence-corrected chi connectivity index (χ2v) is 7.47. The molecule has 27 heavy (non-hydrogen) atoms. The molecule has 0 aromatic heterocycles. The molecule has 1 aliphatic rings. The number of hydrogen-bond donors (Lipinski definition) is 1. The third kappa shape index (κ3) is 2.94. The third-order valence-corrected chi connectivity index (χ3v) is 5.39. The van der Waals surface area contributed by atoms with Crippen molar-refractivity contribution in [2.24, 2.45) is 4.99 Å². The molecule has 3 heteroatoms. The molecule has 1 N–H and O–H groups in total. The molecule has 0 fully saturated rings. The lowest BCUT2D eigenvalue weighted by atomic mass is 9.95. The van der Waals surface area contributed by atoms with E-state index in [0.29, 0.717) is 0 Å². The van der Waals surface area contributed by atoms with Crippen molar-refractivity contribution < 1.29 is 0 Å². The fourth-order valence-electron chi connectivity index (χ4n) is 3.67. The summed E-state index contributed by atoms with van der Waals surface area (Å²) in [6.45, 7) is 0. The van der Waals surface area contributed by atoms with Crippen LogP contribution in [0.5, 0.6) is 0 Å². The number of para-hydroxylation sites is 1. The lowest BCUT2D eigenvalue weighted by Gasteiger charge is -2.22. The van der Waals surface area contributed by atoms with Gasteiger partial charge in [-0.1, -0.05) is 84.9 Å². The van der Waals surface area contributed by atoms with E-state index in [1.165, 1.54) is 21.9 Å². The van der Waals surface area contributed by atoms with Crippen molar-refractivity contribution in [3.8, 4) is 11.1 Å². The van der Waals surface area contributed by atoms with Gasteiger partial charge in [0.1, 0.15) is 0 Å². The van der Waals surface area contributed by atoms with E-state index in [-0.39, 0.29) is 5.08 Å². The normalized spacial score (nSPS) is 15.7. The van der Waals surface area contributed by atoms with Crippen LogP contribution in [-0.4, -0.2) is 10.8 Å². The van der Waals surface area contributed by atoms with E-state index in [4.69, 9.17) is 4.99 Å². The highest BCUT2D eigenvalue weighted by Gasteiger charge is 2.19. The van der Waals surface area contributed by atoms with Crippen LogP contribution in [0, 0.1) is 0 Å². The largest absolute Gasteiger partial charge is 0.354 e. The SMILES string of the molecule is BrC1N=C(c2ccc(-c3cccc4ccccc34)cc2)c2ccccc2N1. The number of nitrogens with zero attached hydrogens (tertiary/aromatic N) is 1. The lowest BCUT2D eigenvalue weighted by molar-refractivity contribution is 1.06. The summed E-state index contributed by atoms with van der Waals surface area (Å²) in [5.74, 6) is 0. The number of aliphatic imine (C=N–C) groups is 1. The first-order chi connectivity index (χ1) is 13.3. The maximum Gasteiger partial charge on any atom is 0.176 e. The zero-order valence-corrected chi connectivity index (χ0v) is 16.1. The molecule has 1 unspecified atom stereocenters. The summed E-state index contributed by atoms with van der Waals surface area (Å²) in [5, 5.41) is 5.77. The first kappa shape index (κ1) is 16.3. The van der Waals surface area contributed by atoms with E-state index in [9.17, 15) is 0 Å². The summed E-state index contributed by atoms with van der Waals surface area (Å²) in [5.41, 5.74) is 6.83. The van der Waals surface area contributed by atoms with Crippen molar-refractivity contribution in [2.45, 2.75) is 5.08 Å². The summed E-state index contributed by atoms with van der Waals surface area (Å²) in [4.78, 5) is 4.77. The van der Waals surface area contributed by atoms with Crippen LogP contribution in [0.1, 0.15) is 11.1 Å². The Morgan fingerprint density at radius 3 is 2.22 bits per heavy atom. The van der Waals surface area contributed by atoms with Crippen molar-refractivity contribution in [2.75, 3.05) is 5.32 Å². The summed E-state index contributed by atoms with van der Waals surface area (Å²) in [6.07, 6.45) is 0. The molecule has 1 aliphatic heterocycles. The van der Waals surface area contributed by atoms with E-state index in [0.717, 1.165) is 22.5 Å². The van der Waals surface area contributed by atoms with E-state index in [1.54, 1.807) is 0 Å². The summed E-state index contributed by atoms with van der Waals surface area (Å²) in [7, 11) is 0. The van der Waals surface area contributed by atoms with Crippen molar-refractivity contribution >= 4 is 38.1 Å². The Balaban J connectivity index is 1.58. The molecule has 0 amide bonds. The summed E-state index contributed by atoms with van der Waals surface area (Å²) < 4.78 is 0. The highest BCUT2D eigenvalue weighted by Crippen LogP contribution is 2.31. The Morgan fingerprint density at radius 1 is 0.667 bits per heavy atom. The molecule has 0 saturated carbocycles. The van der Waals surface area contributed by atoms with Crippen LogP contribution in [0.3, 0.4) is 0 Å². The van der Waals surface area contributed by atoms with Gasteiger partial charge in [-0.15, -0.1) is 0 Å². The van der Waals surface area contributed by atoms with Gasteiger partial charge in [-0.25, -0.2) is 4.99 Å². The van der Waals surface area contributed by atoms with Gasteiger partial charge in [0.25, 0.3) is 0 Å². The number of alkyl halides is 1. The van der Waals surface area contributed by atoms with Crippen LogP contribution in [0.15, 0.2) is 96.0 Å². The Bertz CT molecular complexity index is 1160. The van der Waals surface area contributed by atoms with Gasteiger partial charge in [-0.2, -0.15) is 0 Å². The molecule has 2 nitrogen and oxygen atoms in total. The minimum absolute atomic E-state index is 0.111. The van der Waals surface area contributed by atoms with Gasteiger partial charge in [0.05, 0.1) is 5.71 Å². The molecular weight excluding hydrogens is 396 g/mol. The molecule has 4 aromatic carbocycles. The maximum atomic E-state index is 4.77. The summed E-state index contributed by atoms with van der Waals surface area (Å²) in [6, 6.07) is 32.0. The first-order valence-corrected chi connectivity index (χ1v) is 9.87. The predicted octanol–water partition coefficient (Wildman–Crippen LogP) is 6.45. The van der Waals surface area contributed by atoms with Crippen LogP contribution >= 0.6 is 15.9 Å². The van der Waals surface area contributed by atoms with Crippen LogP contribution in [0.2, 0.25) is 0 Å². The molecule has 0 spiro atoms. The highest BCUT2D eigenvalue weighted by atomic mass is 79.9. The fraction of sp³-hybridized carbons (Fsp3) is 0.0417. The second-order valence-electron chi connectivity index (χ2n) is 6.61. The Kier molecular flexibility index (Phi) is 4.02. The fourth-order valence-corrected chi connectivity index (χ4v) is 4.13. The minimum Gasteiger partial charge on any atom is -0.354 e. The van der Waals surface area contributed by atoms with Gasteiger partial charge >= 0.3 is 0 Å². The molecule has 130 valence electrons. The van der Waals surface area contributed by atoms with E-state index < -0.39 is 0 Å². The van der Waals surface area contributed by atoms with Crippen molar-refractivity contribution in [1.82, 2.24) is 0 Å². The smallest absolute Gasteiger partial charge is 0.176 e. The van der Waals surface area contributed by atoms with Gasteiger partial charge < -0.3 is 5.32 Å². The highest BCUT2D eigenvalue weighted by molar-refractivity contribution is 9.09. The number of anilines is 1. The maximum absolute atomic E-state index is 4.77. The Labute approximate surface area is 166 Å². The molecule has 0 saturated heterocycles. The van der Waals surface area contributed by atoms with Crippen LogP contribution < -0.4 is 5.32 Å². The van der Waals surface area contributed by atoms with Gasteiger partial charge in [-0.3, -0.25) is 0 Å². The predicted molar refractivity (Wildman–Crippen MR) is 118 cm³/mol. The number of benzene rings is 4. The average Bonchev–Trinajstić information content (AvgIpc) is 2.73. The Hall–Kier alpha value is -2.91. The van der Waals surface area contributed by atoms with Crippen LogP contribution in [0.25, 0.3) is 21.9 Å². The standard InChI is InChI=1S/C24H17BrN2/c25-24-26-22-11-4-3-9-21(22)23(27-24)18-14-12-17(13-15-18)20-10-5-7-16-6-1-2-8-19(16)20/h1-15,24,26H. The molecule has 4 aromatic rings. The molecule has 0 aliphatic carbocycles. The quantitative estimate of drug-likeness (QED) is 0.297. The van der Waals surface area contributed by atoms with Gasteiger partial charge in [0.15, 0.2) is 5.08 Å². The number of rotatable bonds is 2. The Morgan fingerprint density at radius 2 is 1.33 bits per heavy atom. The molecule has 1 atom stereocenters. The van der Waals surface area contributed by atoms with Crippen LogP contribution in [-0.2, 0) is 0 Å². The second kappa shape index (κ2) is 6.67. The number of fused-ring (bicyclic) bond motifs is 2. The topological polar surface area (TPSA) is 24.4 Å². The zero-order valence-electron chi connectivity index (χ0n) is 14.6. The molecule has 1 heterocycles. The number of nitrogens with one attached hydrogen (secondary N) is 1. The van der Waals surface area contributed by atoms with Gasteiger partial charge in [-0.05, 0) is 43.9 Å². The monoisotopic (exact) mass is 412 g/mol. The molecule has 5 rings (SSSR count). The van der Waals surface area contributed by atoms with Crippen molar-refractivity contribution in [3.05, 3.63) is 102 Å².